The SMILES string of the molecule is CC(C)C(C)N(C)C(=O)N1CC(C(C)C(=O)O)C1. The van der Waals surface area contributed by atoms with Crippen LogP contribution in [0, 0.1) is 17.8 Å². The summed E-state index contributed by atoms with van der Waals surface area (Å²) >= 11 is 0. The molecular weight excluding hydrogens is 232 g/mol. The van der Waals surface area contributed by atoms with Crippen molar-refractivity contribution in [3.05, 3.63) is 0 Å². The normalized spacial score (nSPS) is 19.3. The number of carbonyl (C=O) groups excluding carboxylic acids is 1. The van der Waals surface area contributed by atoms with Crippen LogP contribution >= 0.6 is 0 Å². The lowest BCUT2D eigenvalue weighted by atomic mass is 9.87. The highest BCUT2D eigenvalue weighted by Gasteiger charge is 2.38. The number of likely N-dealkylation sites (tertiary alicyclic amines) is 1. The van der Waals surface area contributed by atoms with E-state index in [2.05, 4.69) is 13.8 Å². The molecule has 104 valence electrons. The van der Waals surface area contributed by atoms with E-state index in [1.807, 2.05) is 6.92 Å². The van der Waals surface area contributed by atoms with Crippen molar-refractivity contribution < 1.29 is 14.7 Å². The van der Waals surface area contributed by atoms with Crippen LogP contribution in [0.5, 0.6) is 0 Å². The van der Waals surface area contributed by atoms with Gasteiger partial charge in [-0.1, -0.05) is 20.8 Å². The lowest BCUT2D eigenvalue weighted by Crippen LogP contribution is -2.58. The molecule has 5 heteroatoms. The summed E-state index contributed by atoms with van der Waals surface area (Å²) in [5.41, 5.74) is 0. The van der Waals surface area contributed by atoms with Crippen molar-refractivity contribution in [1.82, 2.24) is 9.80 Å². The maximum atomic E-state index is 12.1. The molecule has 0 saturated carbocycles. The van der Waals surface area contributed by atoms with E-state index in [-0.39, 0.29) is 23.9 Å². The number of hydrogen-bond acceptors (Lipinski definition) is 2. The van der Waals surface area contributed by atoms with Gasteiger partial charge in [-0.15, -0.1) is 0 Å². The third-order valence-electron chi connectivity index (χ3n) is 4.15. The molecular formula is C13H24N2O3. The van der Waals surface area contributed by atoms with Crippen LogP contribution < -0.4 is 0 Å². The molecule has 1 aliphatic heterocycles. The van der Waals surface area contributed by atoms with Crippen LogP contribution in [-0.2, 0) is 4.79 Å². The van der Waals surface area contributed by atoms with Gasteiger partial charge in [0, 0.05) is 32.1 Å². The Morgan fingerprint density at radius 2 is 1.72 bits per heavy atom. The van der Waals surface area contributed by atoms with Gasteiger partial charge in [0.2, 0.25) is 0 Å². The first-order chi connectivity index (χ1) is 8.25. The fourth-order valence-corrected chi connectivity index (χ4v) is 2.03. The van der Waals surface area contributed by atoms with E-state index in [1.165, 1.54) is 0 Å². The second kappa shape index (κ2) is 5.59. The quantitative estimate of drug-likeness (QED) is 0.833. The van der Waals surface area contributed by atoms with E-state index in [0.717, 1.165) is 0 Å². The highest BCUT2D eigenvalue weighted by molar-refractivity contribution is 5.76. The van der Waals surface area contributed by atoms with Crippen molar-refractivity contribution in [1.29, 1.82) is 0 Å². The van der Waals surface area contributed by atoms with Crippen LogP contribution in [0.25, 0.3) is 0 Å². The van der Waals surface area contributed by atoms with Gasteiger partial charge in [-0.3, -0.25) is 4.79 Å². The van der Waals surface area contributed by atoms with Crippen LogP contribution in [0.15, 0.2) is 0 Å². The second-order valence-corrected chi connectivity index (χ2v) is 5.67. The summed E-state index contributed by atoms with van der Waals surface area (Å²) in [4.78, 5) is 26.4. The monoisotopic (exact) mass is 256 g/mol. The Morgan fingerprint density at radius 3 is 2.11 bits per heavy atom. The molecule has 5 nitrogen and oxygen atoms in total. The lowest BCUT2D eigenvalue weighted by molar-refractivity contribution is -0.144. The minimum atomic E-state index is -0.781. The summed E-state index contributed by atoms with van der Waals surface area (Å²) in [5.74, 6) is -0.652. The Morgan fingerprint density at radius 1 is 1.22 bits per heavy atom. The molecule has 0 bridgehead atoms. The molecule has 2 unspecified atom stereocenters. The second-order valence-electron chi connectivity index (χ2n) is 5.67. The van der Waals surface area contributed by atoms with Gasteiger partial charge in [0.05, 0.1) is 5.92 Å². The van der Waals surface area contributed by atoms with Crippen LogP contribution in [0.4, 0.5) is 4.79 Å². The molecule has 1 N–H and O–H groups in total. The number of hydrogen-bond donors (Lipinski definition) is 1. The molecule has 18 heavy (non-hydrogen) atoms. The van der Waals surface area contributed by atoms with Crippen molar-refractivity contribution in [3.63, 3.8) is 0 Å². The molecule has 0 aliphatic carbocycles. The third kappa shape index (κ3) is 2.94. The maximum absolute atomic E-state index is 12.1. The fourth-order valence-electron chi connectivity index (χ4n) is 2.03. The van der Waals surface area contributed by atoms with Gasteiger partial charge >= 0.3 is 12.0 Å². The molecule has 0 aromatic heterocycles. The van der Waals surface area contributed by atoms with E-state index in [1.54, 1.807) is 23.8 Å². The summed E-state index contributed by atoms with van der Waals surface area (Å²) in [6, 6.07) is 0.193. The first-order valence-corrected chi connectivity index (χ1v) is 6.50. The molecule has 0 aromatic rings. The van der Waals surface area contributed by atoms with E-state index in [9.17, 15) is 9.59 Å². The first-order valence-electron chi connectivity index (χ1n) is 6.50. The Labute approximate surface area is 109 Å². The fraction of sp³-hybridized carbons (Fsp3) is 0.846. The summed E-state index contributed by atoms with van der Waals surface area (Å²) < 4.78 is 0. The predicted octanol–water partition coefficient (Wildman–Crippen LogP) is 1.74. The van der Waals surface area contributed by atoms with E-state index in [0.29, 0.717) is 19.0 Å². The first kappa shape index (κ1) is 14.8. The summed E-state index contributed by atoms with van der Waals surface area (Å²) in [6.45, 7) is 9.01. The van der Waals surface area contributed by atoms with Crippen molar-refractivity contribution in [2.45, 2.75) is 33.7 Å². The minimum absolute atomic E-state index is 0.00467. The van der Waals surface area contributed by atoms with Crippen molar-refractivity contribution in [2.75, 3.05) is 20.1 Å². The average Bonchev–Trinajstić information content (AvgIpc) is 2.24. The van der Waals surface area contributed by atoms with Gasteiger partial charge in [-0.2, -0.15) is 0 Å². The number of amides is 2. The number of carbonyl (C=O) groups is 2. The van der Waals surface area contributed by atoms with Gasteiger partial charge in [0.15, 0.2) is 0 Å². The Kier molecular flexibility index (Phi) is 4.59. The molecule has 1 aliphatic rings. The summed E-state index contributed by atoms with van der Waals surface area (Å²) in [5, 5.41) is 8.90. The molecule has 2 atom stereocenters. The standard InChI is InChI=1S/C13H24N2O3/c1-8(2)10(4)14(5)13(18)15-6-11(7-15)9(3)12(16)17/h8-11H,6-7H2,1-5H3,(H,16,17). The average molecular weight is 256 g/mol. The molecule has 1 saturated heterocycles. The number of carboxylic acid groups (broad SMARTS) is 1. The number of aliphatic carboxylic acids is 1. The topological polar surface area (TPSA) is 60.9 Å². The summed E-state index contributed by atoms with van der Waals surface area (Å²) in [6.07, 6.45) is 0. The highest BCUT2D eigenvalue weighted by atomic mass is 16.4. The van der Waals surface area contributed by atoms with Gasteiger partial charge in [-0.25, -0.2) is 4.79 Å². The zero-order valence-electron chi connectivity index (χ0n) is 11.9. The van der Waals surface area contributed by atoms with Crippen molar-refractivity contribution >= 4 is 12.0 Å². The maximum Gasteiger partial charge on any atom is 0.320 e. The number of carboxylic acids is 1. The van der Waals surface area contributed by atoms with E-state index < -0.39 is 5.97 Å². The van der Waals surface area contributed by atoms with Crippen LogP contribution in [0.2, 0.25) is 0 Å². The zero-order valence-corrected chi connectivity index (χ0v) is 11.9. The Bertz CT molecular complexity index is 324. The number of nitrogens with zero attached hydrogens (tertiary/aromatic N) is 2. The Balaban J connectivity index is 2.46. The number of rotatable bonds is 4. The smallest absolute Gasteiger partial charge is 0.320 e. The largest absolute Gasteiger partial charge is 0.481 e. The molecule has 0 spiro atoms. The van der Waals surface area contributed by atoms with Crippen molar-refractivity contribution in [2.24, 2.45) is 17.8 Å². The van der Waals surface area contributed by atoms with Crippen LogP contribution in [0.3, 0.4) is 0 Å². The molecule has 1 fully saturated rings. The molecule has 0 radical (unpaired) electrons. The minimum Gasteiger partial charge on any atom is -0.481 e. The molecule has 1 rings (SSSR count). The molecule has 0 aromatic carbocycles. The van der Waals surface area contributed by atoms with Crippen LogP contribution in [-0.4, -0.2) is 53.1 Å². The highest BCUT2D eigenvalue weighted by Crippen LogP contribution is 2.25. The van der Waals surface area contributed by atoms with Crippen molar-refractivity contribution in [3.8, 4) is 0 Å². The van der Waals surface area contributed by atoms with E-state index in [4.69, 9.17) is 5.11 Å². The summed E-state index contributed by atoms with van der Waals surface area (Å²) in [7, 11) is 1.81. The van der Waals surface area contributed by atoms with Gasteiger partial charge < -0.3 is 14.9 Å². The van der Waals surface area contributed by atoms with E-state index >= 15 is 0 Å². The van der Waals surface area contributed by atoms with Crippen LogP contribution in [0.1, 0.15) is 27.7 Å². The molecule has 1 heterocycles. The Hall–Kier alpha value is -1.26. The van der Waals surface area contributed by atoms with Gasteiger partial charge in [-0.05, 0) is 12.8 Å². The predicted molar refractivity (Wildman–Crippen MR) is 69.3 cm³/mol. The van der Waals surface area contributed by atoms with Gasteiger partial charge in [0.25, 0.3) is 0 Å². The molecule has 2 amide bonds. The van der Waals surface area contributed by atoms with Gasteiger partial charge in [0.1, 0.15) is 0 Å². The third-order valence-corrected chi connectivity index (χ3v) is 4.15. The zero-order chi connectivity index (χ0) is 14.0. The number of urea groups is 1. The lowest BCUT2D eigenvalue weighted by Gasteiger charge is -2.44.